The molecule has 126 valence electrons. The van der Waals surface area contributed by atoms with Gasteiger partial charge in [-0.3, -0.25) is 0 Å². The molecule has 0 aliphatic heterocycles. The Morgan fingerprint density at radius 3 is 1.95 bits per heavy atom. The van der Waals surface area contributed by atoms with E-state index >= 15 is 0 Å². The van der Waals surface area contributed by atoms with Crippen molar-refractivity contribution in [1.82, 2.24) is 4.98 Å². The van der Waals surface area contributed by atoms with Gasteiger partial charge in [-0.1, -0.05) is 0 Å². The first-order valence-electron chi connectivity index (χ1n) is 9.16. The maximum atomic E-state index is 5.30. The van der Waals surface area contributed by atoms with Crippen LogP contribution in [0.2, 0.25) is 13.3 Å². The topological polar surface area (TPSA) is 22.1 Å². The summed E-state index contributed by atoms with van der Waals surface area (Å²) < 4.78 is 11.5. The fraction of sp³-hybridized carbons (Fsp3) is 0.737. The van der Waals surface area contributed by atoms with Crippen LogP contribution in [0, 0.1) is 0 Å². The molecule has 0 fully saturated rings. The van der Waals surface area contributed by atoms with Crippen LogP contribution in [0.4, 0.5) is 0 Å². The molecule has 1 heterocycles. The van der Waals surface area contributed by atoms with Gasteiger partial charge in [0.1, 0.15) is 0 Å². The van der Waals surface area contributed by atoms with Gasteiger partial charge < -0.3 is 0 Å². The summed E-state index contributed by atoms with van der Waals surface area (Å²) in [5.74, 6) is 0. The molecular weight excluding hydrogens is 377 g/mol. The van der Waals surface area contributed by atoms with Gasteiger partial charge in [-0.15, -0.1) is 0 Å². The Balaban J connectivity index is 3.09. The van der Waals surface area contributed by atoms with Crippen LogP contribution in [0.5, 0.6) is 0 Å². The number of nitrogens with zero attached hydrogens (tertiary/aromatic N) is 1. The average molecular weight is 412 g/mol. The normalized spacial score (nSPS) is 11.8. The van der Waals surface area contributed by atoms with E-state index in [1.807, 2.05) is 6.20 Å². The van der Waals surface area contributed by atoms with E-state index in [2.05, 4.69) is 37.9 Å². The average Bonchev–Trinajstić information content (AvgIpc) is 2.55. The second-order valence-electron chi connectivity index (χ2n) is 6.56. The second-order valence-corrected chi connectivity index (χ2v) is 19.8. The first-order chi connectivity index (χ1) is 10.7. The third-order valence-corrected chi connectivity index (χ3v) is 20.4. The van der Waals surface area contributed by atoms with E-state index in [1.54, 1.807) is 10.7 Å². The number of methoxy groups -OCH3 is 1. The predicted molar refractivity (Wildman–Crippen MR) is 99.5 cm³/mol. The molecular formula is C19H35NOSn. The van der Waals surface area contributed by atoms with E-state index in [0.29, 0.717) is 6.61 Å². The number of aromatic nitrogens is 1. The number of unbranched alkanes of at least 4 members (excludes halogenated alkanes) is 3. The predicted octanol–water partition coefficient (Wildman–Crippen LogP) is 5.28. The summed E-state index contributed by atoms with van der Waals surface area (Å²) in [7, 11) is 1.76. The molecule has 2 nitrogen and oxygen atoms in total. The van der Waals surface area contributed by atoms with Gasteiger partial charge in [0.15, 0.2) is 0 Å². The first-order valence-corrected chi connectivity index (χ1v) is 16.6. The molecule has 0 radical (unpaired) electrons. The van der Waals surface area contributed by atoms with Crippen LogP contribution in [0.25, 0.3) is 0 Å². The van der Waals surface area contributed by atoms with Crippen molar-refractivity contribution in [2.75, 3.05) is 7.11 Å². The third kappa shape index (κ3) is 6.19. The zero-order valence-electron chi connectivity index (χ0n) is 15.2. The van der Waals surface area contributed by atoms with Crippen molar-refractivity contribution in [3.63, 3.8) is 0 Å². The van der Waals surface area contributed by atoms with Crippen LogP contribution >= 0.6 is 0 Å². The number of pyridine rings is 1. The zero-order chi connectivity index (χ0) is 16.3. The van der Waals surface area contributed by atoms with Gasteiger partial charge in [-0.2, -0.15) is 0 Å². The minimum atomic E-state index is -2.28. The number of ether oxygens (including phenoxy) is 1. The van der Waals surface area contributed by atoms with E-state index < -0.39 is 18.4 Å². The molecule has 3 heteroatoms. The van der Waals surface area contributed by atoms with Gasteiger partial charge >= 0.3 is 142 Å². The van der Waals surface area contributed by atoms with Crippen LogP contribution in [0.1, 0.15) is 65.0 Å². The minimum absolute atomic E-state index is 0.644. The quantitative estimate of drug-likeness (QED) is 0.436. The first kappa shape index (κ1) is 20.0. The van der Waals surface area contributed by atoms with Crippen molar-refractivity contribution in [3.05, 3.63) is 24.0 Å². The van der Waals surface area contributed by atoms with Crippen LogP contribution in [0.3, 0.4) is 0 Å². The molecule has 0 aliphatic carbocycles. The van der Waals surface area contributed by atoms with Crippen LogP contribution in [-0.2, 0) is 11.3 Å². The summed E-state index contributed by atoms with van der Waals surface area (Å²) in [5, 5.41) is 0. The van der Waals surface area contributed by atoms with Gasteiger partial charge in [0.05, 0.1) is 0 Å². The second kappa shape index (κ2) is 11.4. The molecule has 0 N–H and O–H groups in total. The number of rotatable bonds is 12. The Kier molecular flexibility index (Phi) is 10.4. The molecule has 0 atom stereocenters. The Morgan fingerprint density at radius 1 is 0.955 bits per heavy atom. The van der Waals surface area contributed by atoms with E-state index in [9.17, 15) is 0 Å². The van der Waals surface area contributed by atoms with E-state index in [-0.39, 0.29) is 0 Å². The molecule has 0 aromatic carbocycles. The Bertz CT molecular complexity index is 386. The number of hydrogen-bond donors (Lipinski definition) is 0. The summed E-state index contributed by atoms with van der Waals surface area (Å²) in [6, 6.07) is 4.73. The SMILES string of the molecule is CCC[CH2][Sn]([CH2]CCC)([CH2]CCC)[c]1ccnc(COC)c1. The van der Waals surface area contributed by atoms with Gasteiger partial charge in [-0.05, 0) is 0 Å². The molecule has 1 rings (SSSR count). The van der Waals surface area contributed by atoms with Crippen molar-refractivity contribution in [1.29, 1.82) is 0 Å². The molecule has 22 heavy (non-hydrogen) atoms. The van der Waals surface area contributed by atoms with Crippen molar-refractivity contribution < 1.29 is 4.74 Å². The molecule has 0 aliphatic rings. The van der Waals surface area contributed by atoms with E-state index in [1.165, 1.54) is 51.8 Å². The van der Waals surface area contributed by atoms with E-state index in [0.717, 1.165) is 5.69 Å². The standard InChI is InChI=1S/C7H8NO.3C4H9.Sn/c1-9-6-7-4-2-3-5-8-7;3*1-3-4-2;/h3-5H,6H2,1H3;3*1,3-4H2,2H3;. The van der Waals surface area contributed by atoms with Crippen molar-refractivity contribution >= 4 is 22.0 Å². The molecule has 1 aromatic rings. The summed E-state index contributed by atoms with van der Waals surface area (Å²) in [5.41, 5.74) is 1.12. The Labute approximate surface area is 141 Å². The third-order valence-electron chi connectivity index (χ3n) is 4.75. The van der Waals surface area contributed by atoms with Crippen LogP contribution < -0.4 is 3.58 Å². The van der Waals surface area contributed by atoms with Gasteiger partial charge in [0.2, 0.25) is 0 Å². The van der Waals surface area contributed by atoms with Crippen molar-refractivity contribution in [3.8, 4) is 0 Å². The maximum absolute atomic E-state index is 5.30. The van der Waals surface area contributed by atoms with Crippen molar-refractivity contribution in [2.45, 2.75) is 79.2 Å². The van der Waals surface area contributed by atoms with E-state index in [4.69, 9.17) is 4.74 Å². The Morgan fingerprint density at radius 2 is 1.50 bits per heavy atom. The van der Waals surface area contributed by atoms with Gasteiger partial charge in [0.25, 0.3) is 0 Å². The van der Waals surface area contributed by atoms with Gasteiger partial charge in [-0.25, -0.2) is 0 Å². The molecule has 0 saturated carbocycles. The fourth-order valence-corrected chi connectivity index (χ4v) is 19.4. The summed E-state index contributed by atoms with van der Waals surface area (Å²) >= 11 is -2.28. The molecule has 0 saturated heterocycles. The molecule has 0 unspecified atom stereocenters. The molecule has 0 amide bonds. The van der Waals surface area contributed by atoms with Crippen LogP contribution in [0.15, 0.2) is 18.3 Å². The molecule has 1 aromatic heterocycles. The monoisotopic (exact) mass is 413 g/mol. The van der Waals surface area contributed by atoms with Gasteiger partial charge in [0, 0.05) is 0 Å². The molecule has 0 bridgehead atoms. The summed E-state index contributed by atoms with van der Waals surface area (Å²) in [4.78, 5) is 4.49. The number of hydrogen-bond acceptors (Lipinski definition) is 2. The molecule has 0 spiro atoms. The summed E-state index contributed by atoms with van der Waals surface area (Å²) in [6.07, 6.45) is 10.2. The van der Waals surface area contributed by atoms with Crippen LogP contribution in [-0.4, -0.2) is 30.5 Å². The summed E-state index contributed by atoms with van der Waals surface area (Å²) in [6.45, 7) is 7.64. The zero-order valence-corrected chi connectivity index (χ0v) is 18.0. The fourth-order valence-electron chi connectivity index (χ4n) is 3.39. The Hall–Kier alpha value is -0.0913. The van der Waals surface area contributed by atoms with Crippen molar-refractivity contribution in [2.24, 2.45) is 0 Å².